The smallest absolute Gasteiger partial charge is 0.410 e. The number of carbonyl (C=O) groups is 2. The minimum absolute atomic E-state index is 0.129. The van der Waals surface area contributed by atoms with Crippen molar-refractivity contribution in [3.05, 3.63) is 34.2 Å². The van der Waals surface area contributed by atoms with Crippen LogP contribution in [0.1, 0.15) is 38.1 Å². The Balaban J connectivity index is 2.01. The number of amides is 2. The number of carbonyl (C=O) groups excluding carboxylic acids is 2. The van der Waals surface area contributed by atoms with E-state index in [1.165, 1.54) is 18.3 Å². The zero-order valence-electron chi connectivity index (χ0n) is 14.0. The van der Waals surface area contributed by atoms with E-state index in [4.69, 9.17) is 4.74 Å². The maximum absolute atomic E-state index is 12.5. The Hall–Kier alpha value is -2.31. The molecule has 7 nitrogen and oxygen atoms in total. The molecule has 1 aliphatic rings. The normalized spacial score (nSPS) is 18.7. The minimum Gasteiger partial charge on any atom is -0.444 e. The third-order valence-corrected chi connectivity index (χ3v) is 3.57. The number of nitrogens with one attached hydrogen (secondary N) is 1. The molecule has 0 bridgehead atoms. The third kappa shape index (κ3) is 4.34. The van der Waals surface area contributed by atoms with Crippen molar-refractivity contribution in [2.24, 2.45) is 0 Å². The summed E-state index contributed by atoms with van der Waals surface area (Å²) in [7, 11) is 0. The quantitative estimate of drug-likeness (QED) is 0.849. The summed E-state index contributed by atoms with van der Waals surface area (Å²) in [6.07, 6.45) is 1.05. The van der Waals surface area contributed by atoms with Gasteiger partial charge in [-0.3, -0.25) is 9.59 Å². The molecule has 0 aliphatic carbocycles. The summed E-state index contributed by atoms with van der Waals surface area (Å²) in [6, 6.07) is 2.71. The average Bonchev–Trinajstić information content (AvgIpc) is 2.45. The first-order valence-corrected chi connectivity index (χ1v) is 7.65. The van der Waals surface area contributed by atoms with Crippen LogP contribution in [0.4, 0.5) is 4.79 Å². The summed E-state index contributed by atoms with van der Waals surface area (Å²) in [5.41, 5.74) is -0.352. The Kier molecular flexibility index (Phi) is 4.77. The molecule has 1 fully saturated rings. The van der Waals surface area contributed by atoms with Crippen molar-refractivity contribution in [3.63, 3.8) is 0 Å². The molecule has 0 aromatic carbocycles. The first-order valence-electron chi connectivity index (χ1n) is 7.65. The van der Waals surface area contributed by atoms with E-state index in [1.807, 2.05) is 27.7 Å². The topological polar surface area (TPSA) is 82.7 Å². The van der Waals surface area contributed by atoms with E-state index < -0.39 is 5.60 Å². The van der Waals surface area contributed by atoms with Gasteiger partial charge in [-0.05, 0) is 33.8 Å². The largest absolute Gasteiger partial charge is 0.444 e. The van der Waals surface area contributed by atoms with Crippen LogP contribution in [0.25, 0.3) is 0 Å². The highest BCUT2D eigenvalue weighted by atomic mass is 16.6. The average molecular weight is 321 g/mol. The zero-order valence-corrected chi connectivity index (χ0v) is 14.0. The second kappa shape index (κ2) is 6.44. The Bertz CT molecular complexity index is 627. The molecule has 1 aromatic heterocycles. The van der Waals surface area contributed by atoms with Crippen LogP contribution in [-0.4, -0.2) is 58.1 Å². The molecule has 7 heteroatoms. The van der Waals surface area contributed by atoms with E-state index in [2.05, 4.69) is 4.98 Å². The molecule has 0 saturated carbocycles. The van der Waals surface area contributed by atoms with Gasteiger partial charge >= 0.3 is 6.09 Å². The number of hydrogen-bond donors (Lipinski definition) is 1. The highest BCUT2D eigenvalue weighted by Gasteiger charge is 2.32. The number of ether oxygens (including phenoxy) is 1. The molecule has 1 aliphatic heterocycles. The van der Waals surface area contributed by atoms with E-state index in [1.54, 1.807) is 9.80 Å². The lowest BCUT2D eigenvalue weighted by Gasteiger charge is -2.40. The number of nitrogens with zero attached hydrogens (tertiary/aromatic N) is 2. The van der Waals surface area contributed by atoms with Gasteiger partial charge in [-0.15, -0.1) is 0 Å². The Morgan fingerprint density at radius 1 is 1.26 bits per heavy atom. The summed E-state index contributed by atoms with van der Waals surface area (Å²) >= 11 is 0. The Morgan fingerprint density at radius 2 is 1.96 bits per heavy atom. The zero-order chi connectivity index (χ0) is 17.2. The lowest BCUT2D eigenvalue weighted by atomic mass is 10.1. The van der Waals surface area contributed by atoms with E-state index in [-0.39, 0.29) is 23.6 Å². The lowest BCUT2D eigenvalue weighted by molar-refractivity contribution is 0.00616. The number of pyridine rings is 1. The van der Waals surface area contributed by atoms with Crippen LogP contribution in [0.2, 0.25) is 0 Å². The van der Waals surface area contributed by atoms with Gasteiger partial charge in [0.15, 0.2) is 0 Å². The molecule has 23 heavy (non-hydrogen) atoms. The molecule has 2 heterocycles. The summed E-state index contributed by atoms with van der Waals surface area (Å²) < 4.78 is 5.36. The van der Waals surface area contributed by atoms with Crippen molar-refractivity contribution in [1.82, 2.24) is 14.8 Å². The number of aromatic amines is 1. The van der Waals surface area contributed by atoms with E-state index in [0.717, 1.165) is 0 Å². The monoisotopic (exact) mass is 321 g/mol. The number of hydrogen-bond acceptors (Lipinski definition) is 4. The second-order valence-corrected chi connectivity index (χ2v) is 6.72. The van der Waals surface area contributed by atoms with Crippen LogP contribution in [0.15, 0.2) is 23.1 Å². The summed E-state index contributed by atoms with van der Waals surface area (Å²) in [6.45, 7) is 8.63. The van der Waals surface area contributed by atoms with Gasteiger partial charge in [-0.1, -0.05) is 0 Å². The van der Waals surface area contributed by atoms with E-state index in [0.29, 0.717) is 25.2 Å². The molecule has 1 saturated heterocycles. The van der Waals surface area contributed by atoms with E-state index >= 15 is 0 Å². The fourth-order valence-electron chi connectivity index (χ4n) is 2.46. The molecule has 1 N–H and O–H groups in total. The highest BCUT2D eigenvalue weighted by molar-refractivity contribution is 5.94. The van der Waals surface area contributed by atoms with Crippen LogP contribution in [0.5, 0.6) is 0 Å². The summed E-state index contributed by atoms with van der Waals surface area (Å²) in [4.78, 5) is 41.5. The van der Waals surface area contributed by atoms with Crippen LogP contribution in [-0.2, 0) is 4.74 Å². The fourth-order valence-corrected chi connectivity index (χ4v) is 2.46. The van der Waals surface area contributed by atoms with Crippen molar-refractivity contribution in [2.75, 3.05) is 19.6 Å². The van der Waals surface area contributed by atoms with Crippen molar-refractivity contribution >= 4 is 12.0 Å². The van der Waals surface area contributed by atoms with Crippen LogP contribution in [0.3, 0.4) is 0 Å². The van der Waals surface area contributed by atoms with Crippen LogP contribution < -0.4 is 5.56 Å². The lowest BCUT2D eigenvalue weighted by Crippen LogP contribution is -2.56. The van der Waals surface area contributed by atoms with Crippen LogP contribution in [0, 0.1) is 0 Å². The molecule has 0 spiro atoms. The summed E-state index contributed by atoms with van der Waals surface area (Å²) in [5.74, 6) is -0.155. The molecule has 0 radical (unpaired) electrons. The Morgan fingerprint density at radius 3 is 2.48 bits per heavy atom. The highest BCUT2D eigenvalue weighted by Crippen LogP contribution is 2.16. The van der Waals surface area contributed by atoms with E-state index in [9.17, 15) is 14.4 Å². The molecular weight excluding hydrogens is 298 g/mol. The predicted molar refractivity (Wildman–Crippen MR) is 85.4 cm³/mol. The van der Waals surface area contributed by atoms with Gasteiger partial charge in [0.2, 0.25) is 5.56 Å². The maximum atomic E-state index is 12.5. The van der Waals surface area contributed by atoms with Gasteiger partial charge in [0, 0.05) is 37.9 Å². The van der Waals surface area contributed by atoms with Gasteiger partial charge in [0.1, 0.15) is 5.60 Å². The SMILES string of the molecule is C[C@@H]1CN(C(=O)OC(C)(C)C)CCN1C(=O)c1ccc(=O)[nH]c1. The van der Waals surface area contributed by atoms with Gasteiger partial charge in [-0.25, -0.2) is 4.79 Å². The first kappa shape index (κ1) is 17.1. The number of rotatable bonds is 1. The molecule has 0 unspecified atom stereocenters. The fraction of sp³-hybridized carbons (Fsp3) is 0.562. The van der Waals surface area contributed by atoms with Gasteiger partial charge in [-0.2, -0.15) is 0 Å². The molecule has 126 valence electrons. The first-order chi connectivity index (χ1) is 10.7. The predicted octanol–water partition coefficient (Wildman–Crippen LogP) is 1.46. The molecule has 2 rings (SSSR count). The van der Waals surface area contributed by atoms with Crippen molar-refractivity contribution in [3.8, 4) is 0 Å². The van der Waals surface area contributed by atoms with Gasteiger partial charge in [0.25, 0.3) is 5.91 Å². The van der Waals surface area contributed by atoms with Crippen molar-refractivity contribution in [2.45, 2.75) is 39.3 Å². The van der Waals surface area contributed by atoms with Crippen LogP contribution >= 0.6 is 0 Å². The van der Waals surface area contributed by atoms with Gasteiger partial charge in [0.05, 0.1) is 5.56 Å². The van der Waals surface area contributed by atoms with Gasteiger partial charge < -0.3 is 19.5 Å². The Labute approximate surface area is 135 Å². The number of piperazine rings is 1. The molecular formula is C16H23N3O4. The maximum Gasteiger partial charge on any atom is 0.410 e. The number of aromatic nitrogens is 1. The number of H-pyrrole nitrogens is 1. The van der Waals surface area contributed by atoms with Crippen molar-refractivity contribution in [1.29, 1.82) is 0 Å². The molecule has 1 atom stereocenters. The standard InChI is InChI=1S/C16H23N3O4/c1-11-10-18(15(22)23-16(2,3)4)7-8-19(11)14(21)12-5-6-13(20)17-9-12/h5-6,9,11H,7-8,10H2,1-4H3,(H,17,20)/t11-/m1/s1. The molecule has 2 amide bonds. The second-order valence-electron chi connectivity index (χ2n) is 6.72. The summed E-state index contributed by atoms with van der Waals surface area (Å²) in [5, 5.41) is 0. The molecule has 1 aromatic rings. The third-order valence-electron chi connectivity index (χ3n) is 3.57. The van der Waals surface area contributed by atoms with Crippen molar-refractivity contribution < 1.29 is 14.3 Å². The minimum atomic E-state index is -0.539.